The summed E-state index contributed by atoms with van der Waals surface area (Å²) in [5.74, 6) is 0.217. The number of hydrogen-bond acceptors (Lipinski definition) is 4. The van der Waals surface area contributed by atoms with Crippen molar-refractivity contribution in [3.8, 4) is 6.07 Å². The van der Waals surface area contributed by atoms with E-state index in [1.165, 1.54) is 17.4 Å². The molecule has 1 amide bonds. The van der Waals surface area contributed by atoms with Gasteiger partial charge in [-0.05, 0) is 54.5 Å². The van der Waals surface area contributed by atoms with Gasteiger partial charge >= 0.3 is 0 Å². The topological polar surface area (TPSA) is 52.9 Å². The van der Waals surface area contributed by atoms with Crippen LogP contribution in [0.5, 0.6) is 0 Å². The number of nitriles is 1. The number of halogens is 2. The van der Waals surface area contributed by atoms with Crippen LogP contribution in [0.3, 0.4) is 0 Å². The summed E-state index contributed by atoms with van der Waals surface area (Å²) in [6.07, 6.45) is 2.72. The van der Waals surface area contributed by atoms with Crippen LogP contribution < -0.4 is 5.32 Å². The minimum absolute atomic E-state index is 0.307. The van der Waals surface area contributed by atoms with Crippen molar-refractivity contribution >= 4 is 57.7 Å². The van der Waals surface area contributed by atoms with Crippen LogP contribution in [0.15, 0.2) is 18.2 Å². The van der Waals surface area contributed by atoms with Crippen molar-refractivity contribution in [1.82, 2.24) is 0 Å². The molecule has 1 aliphatic carbocycles. The van der Waals surface area contributed by atoms with Crippen LogP contribution in [0.4, 0.5) is 5.00 Å². The van der Waals surface area contributed by atoms with Gasteiger partial charge in [-0.25, -0.2) is 0 Å². The Hall–Kier alpha value is -1.45. The van der Waals surface area contributed by atoms with Gasteiger partial charge in [-0.15, -0.1) is 11.3 Å². The lowest BCUT2D eigenvalue weighted by atomic mass is 9.85. The predicted molar refractivity (Wildman–Crippen MR) is 105 cm³/mol. The molecule has 1 aromatic heterocycles. The fourth-order valence-electron chi connectivity index (χ4n) is 2.96. The molecule has 0 saturated carbocycles. The van der Waals surface area contributed by atoms with E-state index in [1.807, 2.05) is 0 Å². The minimum Gasteiger partial charge on any atom is -0.312 e. The van der Waals surface area contributed by atoms with Gasteiger partial charge in [0, 0.05) is 5.56 Å². The number of rotatable bonds is 2. The van der Waals surface area contributed by atoms with E-state index >= 15 is 0 Å². The van der Waals surface area contributed by atoms with E-state index in [4.69, 9.17) is 35.4 Å². The van der Waals surface area contributed by atoms with Crippen LogP contribution in [-0.4, -0.2) is 5.91 Å². The first-order chi connectivity index (χ1) is 11.9. The second-order valence-corrected chi connectivity index (χ2v) is 8.60. The second-order valence-electron chi connectivity index (χ2n) is 6.09. The number of nitrogens with one attached hydrogen (secondary N) is 1. The molecule has 1 atom stereocenters. The van der Waals surface area contributed by atoms with Crippen molar-refractivity contribution in [2.45, 2.75) is 26.2 Å². The van der Waals surface area contributed by atoms with Crippen molar-refractivity contribution in [2.75, 3.05) is 5.32 Å². The normalized spacial score (nSPS) is 16.0. The summed E-state index contributed by atoms with van der Waals surface area (Å²) in [5, 5.41) is 13.6. The van der Waals surface area contributed by atoms with E-state index in [-0.39, 0.29) is 5.91 Å². The first-order valence-electron chi connectivity index (χ1n) is 7.76. The van der Waals surface area contributed by atoms with Crippen molar-refractivity contribution < 1.29 is 4.79 Å². The SMILES string of the molecule is CC1CCc2c(C#N)c(NC(=O)c3ccc(Cl)c(Cl)c3)sc(=S)c2C1. The maximum Gasteiger partial charge on any atom is 0.256 e. The molecule has 1 heterocycles. The van der Waals surface area contributed by atoms with Gasteiger partial charge in [0.1, 0.15) is 11.1 Å². The van der Waals surface area contributed by atoms with Gasteiger partial charge in [0.15, 0.2) is 0 Å². The van der Waals surface area contributed by atoms with Crippen molar-refractivity contribution in [1.29, 1.82) is 5.26 Å². The highest BCUT2D eigenvalue weighted by Crippen LogP contribution is 2.36. The Bertz CT molecular complexity index is 963. The lowest BCUT2D eigenvalue weighted by molar-refractivity contribution is 0.102. The Kier molecular flexibility index (Phi) is 5.45. The zero-order chi connectivity index (χ0) is 18.1. The average Bonchev–Trinajstić information content (AvgIpc) is 2.58. The predicted octanol–water partition coefficient (Wildman–Crippen LogP) is 6.03. The summed E-state index contributed by atoms with van der Waals surface area (Å²) in [5.41, 5.74) is 2.97. The third-order valence-corrected chi connectivity index (χ3v) is 6.47. The molecule has 2 aromatic rings. The monoisotopic (exact) mass is 408 g/mol. The molecular weight excluding hydrogens is 395 g/mol. The van der Waals surface area contributed by atoms with Gasteiger partial charge in [0.25, 0.3) is 5.91 Å². The fraction of sp³-hybridized carbons (Fsp3) is 0.278. The molecule has 0 spiro atoms. The lowest BCUT2D eigenvalue weighted by Crippen LogP contribution is -2.17. The van der Waals surface area contributed by atoms with E-state index in [2.05, 4.69) is 18.3 Å². The molecule has 7 heteroatoms. The van der Waals surface area contributed by atoms with Gasteiger partial charge in [-0.1, -0.05) is 42.3 Å². The number of anilines is 1. The van der Waals surface area contributed by atoms with E-state index in [0.717, 1.165) is 34.2 Å². The lowest BCUT2D eigenvalue weighted by Gasteiger charge is -2.23. The summed E-state index contributed by atoms with van der Waals surface area (Å²) in [6.45, 7) is 2.19. The largest absolute Gasteiger partial charge is 0.312 e. The number of nitrogens with zero attached hydrogens (tertiary/aromatic N) is 1. The first kappa shape index (κ1) is 18.3. The minimum atomic E-state index is -0.343. The zero-order valence-electron chi connectivity index (χ0n) is 13.4. The third kappa shape index (κ3) is 3.73. The highest BCUT2D eigenvalue weighted by Gasteiger charge is 2.23. The third-order valence-electron chi connectivity index (χ3n) is 4.29. The number of carbonyl (C=O) groups is 1. The Morgan fingerprint density at radius 2 is 2.12 bits per heavy atom. The summed E-state index contributed by atoms with van der Waals surface area (Å²) in [7, 11) is 0. The molecule has 1 aliphatic rings. The highest BCUT2D eigenvalue weighted by atomic mass is 35.5. The summed E-state index contributed by atoms with van der Waals surface area (Å²) in [6, 6.07) is 6.91. The quantitative estimate of drug-likeness (QED) is 0.616. The number of hydrogen-bond donors (Lipinski definition) is 1. The smallest absolute Gasteiger partial charge is 0.256 e. The molecular formula is C18H14Cl2N2OS2. The van der Waals surface area contributed by atoms with Gasteiger partial charge in [0.05, 0.1) is 19.4 Å². The molecule has 0 fully saturated rings. The number of carbonyl (C=O) groups excluding carboxylic acids is 1. The highest BCUT2D eigenvalue weighted by molar-refractivity contribution is 7.73. The Balaban J connectivity index is 1.99. The molecule has 0 radical (unpaired) electrons. The maximum atomic E-state index is 12.5. The fourth-order valence-corrected chi connectivity index (χ4v) is 4.64. The van der Waals surface area contributed by atoms with Crippen molar-refractivity contribution in [3.63, 3.8) is 0 Å². The van der Waals surface area contributed by atoms with Crippen LogP contribution in [0.2, 0.25) is 10.0 Å². The van der Waals surface area contributed by atoms with Crippen LogP contribution >= 0.6 is 46.8 Å². The van der Waals surface area contributed by atoms with Crippen LogP contribution in [-0.2, 0) is 12.8 Å². The van der Waals surface area contributed by atoms with Crippen molar-refractivity contribution in [2.24, 2.45) is 5.92 Å². The van der Waals surface area contributed by atoms with Gasteiger partial charge in [0.2, 0.25) is 0 Å². The summed E-state index contributed by atoms with van der Waals surface area (Å²) >= 11 is 18.7. The van der Waals surface area contributed by atoms with E-state index in [0.29, 0.717) is 32.1 Å². The molecule has 0 bridgehead atoms. The van der Waals surface area contributed by atoms with Crippen LogP contribution in [0.1, 0.15) is 40.4 Å². The Labute approximate surface area is 165 Å². The van der Waals surface area contributed by atoms with Crippen LogP contribution in [0, 0.1) is 21.1 Å². The molecule has 128 valence electrons. The second kappa shape index (κ2) is 7.43. The molecule has 1 unspecified atom stereocenters. The van der Waals surface area contributed by atoms with Gasteiger partial charge in [-0.3, -0.25) is 4.79 Å². The van der Waals surface area contributed by atoms with Crippen molar-refractivity contribution in [3.05, 3.63) is 54.3 Å². The first-order valence-corrected chi connectivity index (χ1v) is 9.74. The van der Waals surface area contributed by atoms with Gasteiger partial charge < -0.3 is 5.32 Å². The number of amides is 1. The van der Waals surface area contributed by atoms with Gasteiger partial charge in [-0.2, -0.15) is 5.26 Å². The molecule has 0 saturated heterocycles. The molecule has 25 heavy (non-hydrogen) atoms. The summed E-state index contributed by atoms with van der Waals surface area (Å²) in [4.78, 5) is 12.5. The van der Waals surface area contributed by atoms with Crippen LogP contribution in [0.25, 0.3) is 0 Å². The number of fused-ring (bicyclic) bond motifs is 1. The molecule has 1 N–H and O–H groups in total. The zero-order valence-corrected chi connectivity index (χ0v) is 16.5. The average molecular weight is 409 g/mol. The number of benzene rings is 1. The van der Waals surface area contributed by atoms with E-state index in [9.17, 15) is 10.1 Å². The molecule has 1 aromatic carbocycles. The summed E-state index contributed by atoms with van der Waals surface area (Å²) < 4.78 is 0.741. The standard InChI is InChI=1S/C18H14Cl2N2OS2/c1-9-2-4-11-12(6-9)18(24)25-17(13(11)8-21)22-16(23)10-3-5-14(19)15(20)7-10/h3,5,7,9H,2,4,6H2,1H3,(H,22,23). The van der Waals surface area contributed by atoms with E-state index in [1.54, 1.807) is 12.1 Å². The molecule has 3 nitrogen and oxygen atoms in total. The maximum absolute atomic E-state index is 12.5. The Morgan fingerprint density at radius 1 is 1.36 bits per heavy atom. The molecule has 0 aliphatic heterocycles. The Morgan fingerprint density at radius 3 is 2.80 bits per heavy atom. The van der Waals surface area contributed by atoms with E-state index < -0.39 is 0 Å². The molecule has 3 rings (SSSR count).